The van der Waals surface area contributed by atoms with Crippen molar-refractivity contribution in [3.05, 3.63) is 34.3 Å². The van der Waals surface area contributed by atoms with Crippen molar-refractivity contribution in [2.24, 2.45) is 11.1 Å². The zero-order valence-electron chi connectivity index (χ0n) is 11.4. The molecule has 0 fully saturated rings. The molecule has 1 rings (SSSR count). The number of carbonyl (C=O) groups excluding carboxylic acids is 1. The molecule has 0 aliphatic rings. The topological polar surface area (TPSA) is 43.1 Å². The van der Waals surface area contributed by atoms with E-state index >= 15 is 0 Å². The van der Waals surface area contributed by atoms with Gasteiger partial charge in [-0.05, 0) is 23.5 Å². The summed E-state index contributed by atoms with van der Waals surface area (Å²) in [5.74, 6) is 0.207. The Morgan fingerprint density at radius 3 is 2.50 bits per heavy atom. The molecule has 0 spiro atoms. The minimum atomic E-state index is -0.0417. The lowest BCUT2D eigenvalue weighted by atomic mass is 9.86. The summed E-state index contributed by atoms with van der Waals surface area (Å²) in [4.78, 5) is 12.0. The van der Waals surface area contributed by atoms with Crippen molar-refractivity contribution in [1.29, 1.82) is 0 Å². The lowest BCUT2D eigenvalue weighted by molar-refractivity contribution is -0.118. The van der Waals surface area contributed by atoms with E-state index in [-0.39, 0.29) is 17.2 Å². The van der Waals surface area contributed by atoms with Crippen LogP contribution in [0.3, 0.4) is 0 Å². The third-order valence-electron chi connectivity index (χ3n) is 2.71. The van der Waals surface area contributed by atoms with Crippen LogP contribution < -0.4 is 5.73 Å². The minimum absolute atomic E-state index is 0.0417. The summed E-state index contributed by atoms with van der Waals surface area (Å²) in [6.45, 7) is 6.43. The van der Waals surface area contributed by atoms with Crippen LogP contribution in [0.5, 0.6) is 0 Å². The number of carbonyl (C=O) groups is 1. The van der Waals surface area contributed by atoms with Crippen molar-refractivity contribution in [1.82, 2.24) is 0 Å². The second kappa shape index (κ2) is 6.48. The zero-order chi connectivity index (χ0) is 13.8. The van der Waals surface area contributed by atoms with E-state index in [1.807, 2.05) is 24.3 Å². The van der Waals surface area contributed by atoms with E-state index in [1.54, 1.807) is 0 Å². The summed E-state index contributed by atoms with van der Waals surface area (Å²) in [5, 5.41) is 0. The highest BCUT2D eigenvalue weighted by Gasteiger charge is 2.18. The smallest absolute Gasteiger partial charge is 0.138 e. The first-order valence-electron chi connectivity index (χ1n) is 6.28. The molecule has 1 aromatic rings. The van der Waals surface area contributed by atoms with Gasteiger partial charge in [0.2, 0.25) is 0 Å². The maximum atomic E-state index is 12.0. The molecule has 0 saturated heterocycles. The van der Waals surface area contributed by atoms with Gasteiger partial charge in [-0.25, -0.2) is 0 Å². The standard InChI is InChI=1S/C15H22BrNO/c1-15(2,3)10-12(17)9-13(18)8-11-6-4-5-7-14(11)16/h4-7,12H,8-10,17H2,1-3H3. The number of ketones is 1. The number of hydrogen-bond acceptors (Lipinski definition) is 2. The third-order valence-corrected chi connectivity index (χ3v) is 3.48. The Balaban J connectivity index is 2.50. The van der Waals surface area contributed by atoms with Gasteiger partial charge in [-0.15, -0.1) is 0 Å². The first kappa shape index (κ1) is 15.4. The molecular weight excluding hydrogens is 290 g/mol. The molecule has 3 heteroatoms. The minimum Gasteiger partial charge on any atom is -0.327 e. The van der Waals surface area contributed by atoms with E-state index in [0.717, 1.165) is 16.5 Å². The summed E-state index contributed by atoms with van der Waals surface area (Å²) < 4.78 is 0.989. The highest BCUT2D eigenvalue weighted by molar-refractivity contribution is 9.10. The third kappa shape index (κ3) is 5.78. The number of halogens is 1. The summed E-state index contributed by atoms with van der Waals surface area (Å²) in [6.07, 6.45) is 1.78. The van der Waals surface area contributed by atoms with E-state index in [0.29, 0.717) is 12.8 Å². The molecule has 18 heavy (non-hydrogen) atoms. The Labute approximate surface area is 118 Å². The normalized spacial score (nSPS) is 13.4. The van der Waals surface area contributed by atoms with E-state index < -0.39 is 0 Å². The summed E-state index contributed by atoms with van der Waals surface area (Å²) in [7, 11) is 0. The summed E-state index contributed by atoms with van der Waals surface area (Å²) in [6, 6.07) is 7.78. The lowest BCUT2D eigenvalue weighted by Gasteiger charge is -2.22. The van der Waals surface area contributed by atoms with Crippen molar-refractivity contribution >= 4 is 21.7 Å². The fraction of sp³-hybridized carbons (Fsp3) is 0.533. The van der Waals surface area contributed by atoms with Crippen LogP contribution in [0.25, 0.3) is 0 Å². The zero-order valence-corrected chi connectivity index (χ0v) is 13.0. The summed E-state index contributed by atoms with van der Waals surface area (Å²) >= 11 is 3.46. The Hall–Kier alpha value is -0.670. The van der Waals surface area contributed by atoms with Crippen molar-refractivity contribution in [3.8, 4) is 0 Å². The number of Topliss-reactive ketones (excluding diaryl/α,β-unsaturated/α-hetero) is 1. The van der Waals surface area contributed by atoms with E-state index in [2.05, 4.69) is 36.7 Å². The van der Waals surface area contributed by atoms with E-state index in [9.17, 15) is 4.79 Å². The fourth-order valence-corrected chi connectivity index (χ4v) is 2.50. The molecule has 1 unspecified atom stereocenters. The Morgan fingerprint density at radius 2 is 1.94 bits per heavy atom. The van der Waals surface area contributed by atoms with Gasteiger partial charge in [-0.2, -0.15) is 0 Å². The Bertz CT molecular complexity index is 409. The van der Waals surface area contributed by atoms with Gasteiger partial charge < -0.3 is 5.73 Å². The predicted octanol–water partition coefficient (Wildman–Crippen LogP) is 3.71. The lowest BCUT2D eigenvalue weighted by Crippen LogP contribution is -2.29. The quantitative estimate of drug-likeness (QED) is 0.900. The van der Waals surface area contributed by atoms with Crippen LogP contribution in [0.15, 0.2) is 28.7 Å². The highest BCUT2D eigenvalue weighted by atomic mass is 79.9. The van der Waals surface area contributed by atoms with Crippen molar-refractivity contribution in [2.75, 3.05) is 0 Å². The monoisotopic (exact) mass is 311 g/mol. The number of nitrogens with two attached hydrogens (primary N) is 1. The SMILES string of the molecule is CC(C)(C)CC(N)CC(=O)Cc1ccccc1Br. The summed E-state index contributed by atoms with van der Waals surface area (Å²) in [5.41, 5.74) is 7.23. The molecule has 0 aliphatic heterocycles. The second-order valence-corrected chi connectivity index (χ2v) is 6.89. The number of hydrogen-bond donors (Lipinski definition) is 1. The van der Waals surface area contributed by atoms with Crippen LogP contribution in [-0.2, 0) is 11.2 Å². The first-order valence-corrected chi connectivity index (χ1v) is 7.08. The van der Waals surface area contributed by atoms with Crippen LogP contribution in [0, 0.1) is 5.41 Å². The largest absolute Gasteiger partial charge is 0.327 e. The highest BCUT2D eigenvalue weighted by Crippen LogP contribution is 2.22. The van der Waals surface area contributed by atoms with Gasteiger partial charge in [-0.1, -0.05) is 54.9 Å². The molecule has 0 saturated carbocycles. The van der Waals surface area contributed by atoms with Crippen LogP contribution in [0.2, 0.25) is 0 Å². The average Bonchev–Trinajstić information content (AvgIpc) is 2.18. The molecule has 0 aliphatic carbocycles. The Kier molecular flexibility index (Phi) is 5.54. The molecule has 0 bridgehead atoms. The maximum absolute atomic E-state index is 12.0. The number of benzene rings is 1. The molecule has 100 valence electrons. The van der Waals surface area contributed by atoms with Gasteiger partial charge >= 0.3 is 0 Å². The van der Waals surface area contributed by atoms with Gasteiger partial charge in [0.05, 0.1) is 0 Å². The molecule has 0 amide bonds. The van der Waals surface area contributed by atoms with Gasteiger partial charge in [0.1, 0.15) is 5.78 Å². The molecule has 0 radical (unpaired) electrons. The Morgan fingerprint density at radius 1 is 1.33 bits per heavy atom. The number of rotatable bonds is 5. The van der Waals surface area contributed by atoms with E-state index in [4.69, 9.17) is 5.73 Å². The molecule has 0 heterocycles. The first-order chi connectivity index (χ1) is 8.28. The van der Waals surface area contributed by atoms with Gasteiger partial charge in [0.25, 0.3) is 0 Å². The van der Waals surface area contributed by atoms with Crippen LogP contribution in [-0.4, -0.2) is 11.8 Å². The molecule has 2 N–H and O–H groups in total. The molecule has 0 aromatic heterocycles. The van der Waals surface area contributed by atoms with Gasteiger partial charge in [0, 0.05) is 23.4 Å². The van der Waals surface area contributed by atoms with Crippen LogP contribution >= 0.6 is 15.9 Å². The molecule has 2 nitrogen and oxygen atoms in total. The van der Waals surface area contributed by atoms with Crippen molar-refractivity contribution < 1.29 is 4.79 Å². The predicted molar refractivity (Wildman–Crippen MR) is 79.5 cm³/mol. The fourth-order valence-electron chi connectivity index (χ4n) is 2.08. The maximum Gasteiger partial charge on any atom is 0.138 e. The molecular formula is C15H22BrNO. The molecule has 1 atom stereocenters. The van der Waals surface area contributed by atoms with Gasteiger partial charge in [-0.3, -0.25) is 4.79 Å². The second-order valence-electron chi connectivity index (χ2n) is 6.04. The van der Waals surface area contributed by atoms with E-state index in [1.165, 1.54) is 0 Å². The van der Waals surface area contributed by atoms with Crippen molar-refractivity contribution in [2.45, 2.75) is 46.1 Å². The van der Waals surface area contributed by atoms with Crippen molar-refractivity contribution in [3.63, 3.8) is 0 Å². The molecule has 1 aromatic carbocycles. The van der Waals surface area contributed by atoms with Gasteiger partial charge in [0.15, 0.2) is 0 Å². The van der Waals surface area contributed by atoms with Crippen LogP contribution in [0.4, 0.5) is 0 Å². The average molecular weight is 312 g/mol. The van der Waals surface area contributed by atoms with Crippen LogP contribution in [0.1, 0.15) is 39.2 Å².